The van der Waals surface area contributed by atoms with Gasteiger partial charge in [0.15, 0.2) is 0 Å². The molecule has 2 fully saturated rings. The molecule has 3 atom stereocenters. The van der Waals surface area contributed by atoms with Crippen LogP contribution >= 0.6 is 0 Å². The summed E-state index contributed by atoms with van der Waals surface area (Å²) in [5, 5.41) is 0. The third-order valence-electron chi connectivity index (χ3n) is 5.58. The van der Waals surface area contributed by atoms with Crippen molar-refractivity contribution in [2.45, 2.75) is 62.6 Å². The first kappa shape index (κ1) is 18.4. The second kappa shape index (κ2) is 7.05. The molecule has 2 heterocycles. The van der Waals surface area contributed by atoms with Crippen molar-refractivity contribution in [1.82, 2.24) is 9.21 Å². The minimum Gasteiger partial charge on any atom is -0.366 e. The normalized spacial score (nSPS) is 29.0. The summed E-state index contributed by atoms with van der Waals surface area (Å²) in [7, 11) is -3.55. The van der Waals surface area contributed by atoms with E-state index in [4.69, 9.17) is 5.73 Å². The van der Waals surface area contributed by atoms with Crippen LogP contribution < -0.4 is 5.73 Å². The fraction of sp³-hybridized carbons (Fsp3) is 0.611. The van der Waals surface area contributed by atoms with E-state index in [1.165, 1.54) is 37.1 Å². The number of likely N-dealkylation sites (tertiary alicyclic amines) is 1. The third kappa shape index (κ3) is 3.59. The van der Waals surface area contributed by atoms with Crippen LogP contribution in [0.5, 0.6) is 0 Å². The molecule has 0 spiro atoms. The van der Waals surface area contributed by atoms with E-state index in [1.54, 1.807) is 4.31 Å². The van der Waals surface area contributed by atoms with Crippen molar-refractivity contribution in [3.05, 3.63) is 29.8 Å². The van der Waals surface area contributed by atoms with Gasteiger partial charge >= 0.3 is 0 Å². The lowest BCUT2D eigenvalue weighted by Crippen LogP contribution is -2.52. The lowest BCUT2D eigenvalue weighted by molar-refractivity contribution is 0.0979. The van der Waals surface area contributed by atoms with Crippen molar-refractivity contribution < 1.29 is 13.2 Å². The van der Waals surface area contributed by atoms with E-state index in [-0.39, 0.29) is 10.9 Å². The zero-order valence-electron chi connectivity index (χ0n) is 14.9. The van der Waals surface area contributed by atoms with Gasteiger partial charge in [0, 0.05) is 36.8 Å². The fourth-order valence-corrected chi connectivity index (χ4v) is 5.77. The van der Waals surface area contributed by atoms with Gasteiger partial charge in [-0.25, -0.2) is 8.42 Å². The topological polar surface area (TPSA) is 83.7 Å². The van der Waals surface area contributed by atoms with Gasteiger partial charge in [0.25, 0.3) is 0 Å². The molecule has 0 bridgehead atoms. The second-order valence-corrected chi connectivity index (χ2v) is 9.21. The minimum absolute atomic E-state index is 0.223. The number of rotatable bonds is 4. The van der Waals surface area contributed by atoms with E-state index in [2.05, 4.69) is 18.7 Å². The molecule has 1 amide bonds. The van der Waals surface area contributed by atoms with E-state index in [0.29, 0.717) is 30.7 Å². The molecule has 2 aliphatic rings. The lowest BCUT2D eigenvalue weighted by Gasteiger charge is -2.41. The molecule has 6 nitrogen and oxygen atoms in total. The SMILES string of the molecule is CC1CCC(C)N1C1CCCN(S(=O)(=O)c2ccc(C(N)=O)cc2)C1. The minimum atomic E-state index is -3.55. The van der Waals surface area contributed by atoms with Crippen molar-refractivity contribution in [3.8, 4) is 0 Å². The molecule has 2 aliphatic heterocycles. The fourth-order valence-electron chi connectivity index (χ4n) is 4.26. The number of sulfonamides is 1. The molecule has 1 aromatic carbocycles. The van der Waals surface area contributed by atoms with Gasteiger partial charge < -0.3 is 5.73 Å². The lowest BCUT2D eigenvalue weighted by atomic mass is 10.0. The largest absolute Gasteiger partial charge is 0.366 e. The molecule has 0 aromatic heterocycles. The van der Waals surface area contributed by atoms with Crippen LogP contribution in [0.1, 0.15) is 49.9 Å². The number of nitrogens with two attached hydrogens (primary N) is 1. The first-order valence-corrected chi connectivity index (χ1v) is 10.4. The van der Waals surface area contributed by atoms with Crippen LogP contribution in [0.2, 0.25) is 0 Å². The Morgan fingerprint density at radius 2 is 1.68 bits per heavy atom. The highest BCUT2D eigenvalue weighted by molar-refractivity contribution is 7.89. The maximum absolute atomic E-state index is 13.0. The standard InChI is InChI=1S/C18H27N3O3S/c1-13-5-6-14(2)21(13)16-4-3-11-20(12-16)25(23,24)17-9-7-15(8-10-17)18(19)22/h7-10,13-14,16H,3-6,11-12H2,1-2H3,(H2,19,22). The van der Waals surface area contributed by atoms with Crippen molar-refractivity contribution in [2.24, 2.45) is 5.73 Å². The van der Waals surface area contributed by atoms with Crippen LogP contribution in [0.4, 0.5) is 0 Å². The highest BCUT2D eigenvalue weighted by Gasteiger charge is 2.38. The van der Waals surface area contributed by atoms with Gasteiger partial charge in [-0.3, -0.25) is 9.69 Å². The van der Waals surface area contributed by atoms with Gasteiger partial charge in [-0.05, 0) is 63.8 Å². The van der Waals surface area contributed by atoms with Crippen molar-refractivity contribution >= 4 is 15.9 Å². The van der Waals surface area contributed by atoms with Gasteiger partial charge in [-0.1, -0.05) is 0 Å². The summed E-state index contributed by atoms with van der Waals surface area (Å²) in [5.41, 5.74) is 5.54. The molecule has 0 aliphatic carbocycles. The smallest absolute Gasteiger partial charge is 0.248 e. The first-order chi connectivity index (χ1) is 11.8. The Labute approximate surface area is 150 Å². The number of carbonyl (C=O) groups excluding carboxylic acids is 1. The summed E-state index contributed by atoms with van der Waals surface area (Å²) in [4.78, 5) is 13.9. The van der Waals surface area contributed by atoms with Crippen LogP contribution in [0.15, 0.2) is 29.2 Å². The Hall–Kier alpha value is -1.44. The third-order valence-corrected chi connectivity index (χ3v) is 7.46. The molecule has 2 N–H and O–H groups in total. The molecular weight excluding hydrogens is 338 g/mol. The van der Waals surface area contributed by atoms with Gasteiger partial charge in [-0.15, -0.1) is 0 Å². The predicted octanol–water partition coefficient (Wildman–Crippen LogP) is 1.81. The Bertz CT molecular complexity index is 722. The van der Waals surface area contributed by atoms with E-state index in [1.807, 2.05) is 0 Å². The van der Waals surface area contributed by atoms with Crippen LogP contribution in [0, 0.1) is 0 Å². The summed E-state index contributed by atoms with van der Waals surface area (Å²) in [6.07, 6.45) is 4.28. The zero-order chi connectivity index (χ0) is 18.2. The molecule has 138 valence electrons. The van der Waals surface area contributed by atoms with Crippen molar-refractivity contribution in [1.29, 1.82) is 0 Å². The van der Waals surface area contributed by atoms with Crippen LogP contribution in [0.25, 0.3) is 0 Å². The number of primary amides is 1. The summed E-state index contributed by atoms with van der Waals surface area (Å²) >= 11 is 0. The highest BCUT2D eigenvalue weighted by Crippen LogP contribution is 2.31. The van der Waals surface area contributed by atoms with Gasteiger partial charge in [-0.2, -0.15) is 4.31 Å². The number of piperidine rings is 1. The number of hydrogen-bond donors (Lipinski definition) is 1. The second-order valence-electron chi connectivity index (χ2n) is 7.27. The number of hydrogen-bond acceptors (Lipinski definition) is 4. The van der Waals surface area contributed by atoms with Gasteiger partial charge in [0.05, 0.1) is 4.90 Å². The monoisotopic (exact) mass is 365 g/mol. The number of amides is 1. The Morgan fingerprint density at radius 3 is 2.24 bits per heavy atom. The number of nitrogens with zero attached hydrogens (tertiary/aromatic N) is 2. The quantitative estimate of drug-likeness (QED) is 0.882. The zero-order valence-corrected chi connectivity index (χ0v) is 15.7. The molecule has 3 rings (SSSR count). The molecule has 3 unspecified atom stereocenters. The van der Waals surface area contributed by atoms with Crippen LogP contribution in [0.3, 0.4) is 0 Å². The summed E-state index contributed by atoms with van der Waals surface area (Å²) in [5.74, 6) is -0.556. The maximum atomic E-state index is 13.0. The molecule has 7 heteroatoms. The molecule has 0 saturated carbocycles. The van der Waals surface area contributed by atoms with Crippen molar-refractivity contribution in [2.75, 3.05) is 13.1 Å². The van der Waals surface area contributed by atoms with E-state index in [0.717, 1.165) is 12.8 Å². The molecule has 1 aromatic rings. The molecule has 0 radical (unpaired) electrons. The predicted molar refractivity (Wildman–Crippen MR) is 96.7 cm³/mol. The Morgan fingerprint density at radius 1 is 1.08 bits per heavy atom. The maximum Gasteiger partial charge on any atom is 0.248 e. The Kier molecular flexibility index (Phi) is 5.18. The van der Waals surface area contributed by atoms with E-state index in [9.17, 15) is 13.2 Å². The van der Waals surface area contributed by atoms with E-state index >= 15 is 0 Å². The summed E-state index contributed by atoms with van der Waals surface area (Å²) in [6, 6.07) is 7.19. The number of carbonyl (C=O) groups is 1. The van der Waals surface area contributed by atoms with Crippen LogP contribution in [-0.4, -0.2) is 54.7 Å². The van der Waals surface area contributed by atoms with Gasteiger partial charge in [0.2, 0.25) is 15.9 Å². The number of benzene rings is 1. The van der Waals surface area contributed by atoms with Crippen LogP contribution in [-0.2, 0) is 10.0 Å². The van der Waals surface area contributed by atoms with Gasteiger partial charge in [0.1, 0.15) is 0 Å². The average molecular weight is 365 g/mol. The summed E-state index contributed by atoms with van der Waals surface area (Å²) in [6.45, 7) is 5.56. The molecule has 2 saturated heterocycles. The first-order valence-electron chi connectivity index (χ1n) is 8.98. The molecular formula is C18H27N3O3S. The average Bonchev–Trinajstić information content (AvgIpc) is 2.93. The highest BCUT2D eigenvalue weighted by atomic mass is 32.2. The molecule has 25 heavy (non-hydrogen) atoms. The van der Waals surface area contributed by atoms with Crippen molar-refractivity contribution in [3.63, 3.8) is 0 Å². The van der Waals surface area contributed by atoms with E-state index < -0.39 is 15.9 Å². The Balaban J connectivity index is 1.79. The summed E-state index contributed by atoms with van der Waals surface area (Å²) < 4.78 is 27.6.